The van der Waals surface area contributed by atoms with Gasteiger partial charge >= 0.3 is 0 Å². The predicted octanol–water partition coefficient (Wildman–Crippen LogP) is 1.39. The average Bonchev–Trinajstić information content (AvgIpc) is 2.69. The number of benzene rings is 1. The van der Waals surface area contributed by atoms with E-state index >= 15 is 0 Å². The van der Waals surface area contributed by atoms with Crippen LogP contribution in [-0.2, 0) is 25.5 Å². The highest BCUT2D eigenvalue weighted by atomic mass is 16.5. The normalized spacial score (nSPS) is 24.3. The average molecular weight is 360 g/mol. The fourth-order valence-corrected chi connectivity index (χ4v) is 3.68. The van der Waals surface area contributed by atoms with Crippen LogP contribution in [0.25, 0.3) is 0 Å². The zero-order valence-electron chi connectivity index (χ0n) is 15.4. The summed E-state index contributed by atoms with van der Waals surface area (Å²) < 4.78 is 10.8. The molecule has 3 rings (SSSR count). The number of hydrogen-bond donors (Lipinski definition) is 1. The molecule has 0 spiro atoms. The van der Waals surface area contributed by atoms with Gasteiger partial charge in [0.05, 0.1) is 19.1 Å². The van der Waals surface area contributed by atoms with Gasteiger partial charge in [0.2, 0.25) is 11.8 Å². The minimum absolute atomic E-state index is 0.0130. The van der Waals surface area contributed by atoms with Gasteiger partial charge in [-0.2, -0.15) is 0 Å². The lowest BCUT2D eigenvalue weighted by Crippen LogP contribution is -2.52. The van der Waals surface area contributed by atoms with Gasteiger partial charge in [-0.15, -0.1) is 0 Å². The number of methoxy groups -OCH3 is 1. The Labute approximate surface area is 154 Å². The van der Waals surface area contributed by atoms with E-state index in [9.17, 15) is 9.59 Å². The van der Waals surface area contributed by atoms with Crippen LogP contribution >= 0.6 is 0 Å². The molecule has 0 bridgehead atoms. The van der Waals surface area contributed by atoms with E-state index in [1.54, 1.807) is 7.11 Å². The summed E-state index contributed by atoms with van der Waals surface area (Å²) in [5.74, 6) is 0.184. The molecular formula is C20H28N2O4. The monoisotopic (exact) mass is 360 g/mol. The van der Waals surface area contributed by atoms with Crippen LogP contribution in [0.15, 0.2) is 30.3 Å². The number of carbonyl (C=O) groups is 2. The standard InChI is InChI=1S/C20H28N2O4/c1-25-18-14-26-12-9-17(18)21-20(24)16-7-10-22(11-8-16)19(23)13-15-5-3-2-4-6-15/h2-6,16-18H,7-14H2,1H3,(H,21,24)/t17-,18-/m1/s1. The van der Waals surface area contributed by atoms with Crippen LogP contribution in [0.5, 0.6) is 0 Å². The summed E-state index contributed by atoms with van der Waals surface area (Å²) in [7, 11) is 1.65. The number of nitrogens with zero attached hydrogens (tertiary/aromatic N) is 1. The topological polar surface area (TPSA) is 67.9 Å². The Balaban J connectivity index is 1.45. The van der Waals surface area contributed by atoms with E-state index in [4.69, 9.17) is 9.47 Å². The highest BCUT2D eigenvalue weighted by Gasteiger charge is 2.32. The predicted molar refractivity (Wildman–Crippen MR) is 97.6 cm³/mol. The second-order valence-electron chi connectivity index (χ2n) is 7.07. The van der Waals surface area contributed by atoms with Crippen molar-refractivity contribution < 1.29 is 19.1 Å². The van der Waals surface area contributed by atoms with Gasteiger partial charge in [-0.3, -0.25) is 9.59 Å². The molecular weight excluding hydrogens is 332 g/mol. The molecule has 2 aliphatic heterocycles. The van der Waals surface area contributed by atoms with Crippen LogP contribution in [0.3, 0.4) is 0 Å². The molecule has 6 heteroatoms. The molecule has 0 radical (unpaired) electrons. The van der Waals surface area contributed by atoms with E-state index < -0.39 is 0 Å². The molecule has 2 aliphatic rings. The first-order chi connectivity index (χ1) is 12.7. The minimum atomic E-state index is -0.0831. The molecule has 2 atom stereocenters. The lowest BCUT2D eigenvalue weighted by Gasteiger charge is -2.35. The van der Waals surface area contributed by atoms with Gasteiger partial charge < -0.3 is 19.7 Å². The van der Waals surface area contributed by atoms with Crippen molar-refractivity contribution in [3.8, 4) is 0 Å². The SMILES string of the molecule is CO[C@@H]1COCC[C@H]1NC(=O)C1CCN(C(=O)Cc2ccccc2)CC1. The Kier molecular flexibility index (Phi) is 6.63. The van der Waals surface area contributed by atoms with E-state index in [2.05, 4.69) is 5.32 Å². The van der Waals surface area contributed by atoms with Crippen molar-refractivity contribution in [3.05, 3.63) is 35.9 Å². The molecule has 2 saturated heterocycles. The first-order valence-corrected chi connectivity index (χ1v) is 9.40. The van der Waals surface area contributed by atoms with Crippen molar-refractivity contribution in [1.29, 1.82) is 0 Å². The summed E-state index contributed by atoms with van der Waals surface area (Å²) in [5, 5.41) is 3.13. The fraction of sp³-hybridized carbons (Fsp3) is 0.600. The van der Waals surface area contributed by atoms with Gasteiger partial charge in [-0.1, -0.05) is 30.3 Å². The smallest absolute Gasteiger partial charge is 0.226 e. The summed E-state index contributed by atoms with van der Waals surface area (Å²) in [5.41, 5.74) is 1.03. The van der Waals surface area contributed by atoms with Crippen molar-refractivity contribution in [2.45, 2.75) is 37.8 Å². The van der Waals surface area contributed by atoms with Crippen LogP contribution in [0.4, 0.5) is 0 Å². The summed E-state index contributed by atoms with van der Waals surface area (Å²) in [6, 6.07) is 9.80. The van der Waals surface area contributed by atoms with Gasteiger partial charge in [0, 0.05) is 32.7 Å². The fourth-order valence-electron chi connectivity index (χ4n) is 3.68. The highest BCUT2D eigenvalue weighted by molar-refractivity contribution is 5.81. The zero-order chi connectivity index (χ0) is 18.4. The van der Waals surface area contributed by atoms with E-state index in [0.29, 0.717) is 45.6 Å². The third-order valence-corrected chi connectivity index (χ3v) is 5.35. The molecule has 1 N–H and O–H groups in total. The maximum atomic E-state index is 12.6. The summed E-state index contributed by atoms with van der Waals surface area (Å²) in [4.78, 5) is 26.9. The number of piperidine rings is 1. The van der Waals surface area contributed by atoms with E-state index in [1.165, 1.54) is 0 Å². The lowest BCUT2D eigenvalue weighted by atomic mass is 9.94. The Morgan fingerprint density at radius 1 is 1.19 bits per heavy atom. The first kappa shape index (κ1) is 18.9. The van der Waals surface area contributed by atoms with Gasteiger partial charge in [-0.05, 0) is 24.8 Å². The maximum Gasteiger partial charge on any atom is 0.226 e. The number of likely N-dealkylation sites (tertiary alicyclic amines) is 1. The molecule has 142 valence electrons. The zero-order valence-corrected chi connectivity index (χ0v) is 15.4. The van der Waals surface area contributed by atoms with Gasteiger partial charge in [0.25, 0.3) is 0 Å². The first-order valence-electron chi connectivity index (χ1n) is 9.40. The molecule has 2 fully saturated rings. The minimum Gasteiger partial charge on any atom is -0.379 e. The van der Waals surface area contributed by atoms with Gasteiger partial charge in [-0.25, -0.2) is 0 Å². The number of hydrogen-bond acceptors (Lipinski definition) is 4. The molecule has 6 nitrogen and oxygen atoms in total. The van der Waals surface area contributed by atoms with Crippen molar-refractivity contribution in [1.82, 2.24) is 10.2 Å². The number of nitrogens with one attached hydrogen (secondary N) is 1. The van der Waals surface area contributed by atoms with Crippen LogP contribution in [0.2, 0.25) is 0 Å². The van der Waals surface area contributed by atoms with Crippen molar-refractivity contribution in [3.63, 3.8) is 0 Å². The molecule has 26 heavy (non-hydrogen) atoms. The van der Waals surface area contributed by atoms with Crippen molar-refractivity contribution in [2.75, 3.05) is 33.4 Å². The number of carbonyl (C=O) groups excluding carboxylic acids is 2. The van der Waals surface area contributed by atoms with E-state index in [0.717, 1.165) is 12.0 Å². The Hall–Kier alpha value is -1.92. The number of ether oxygens (including phenoxy) is 2. The summed E-state index contributed by atoms with van der Waals surface area (Å²) >= 11 is 0. The summed E-state index contributed by atoms with van der Waals surface area (Å²) in [6.07, 6.45) is 2.55. The van der Waals surface area contributed by atoms with E-state index in [1.807, 2.05) is 35.2 Å². The second kappa shape index (κ2) is 9.14. The third-order valence-electron chi connectivity index (χ3n) is 5.35. The molecule has 0 saturated carbocycles. The number of rotatable bonds is 5. The van der Waals surface area contributed by atoms with Crippen molar-refractivity contribution >= 4 is 11.8 Å². The molecule has 1 aromatic carbocycles. The van der Waals surface area contributed by atoms with Crippen LogP contribution < -0.4 is 5.32 Å². The van der Waals surface area contributed by atoms with Crippen LogP contribution in [0, 0.1) is 5.92 Å². The molecule has 1 aromatic rings. The third kappa shape index (κ3) is 4.83. The second-order valence-corrected chi connectivity index (χ2v) is 7.07. The lowest BCUT2D eigenvalue weighted by molar-refractivity contribution is -0.136. The Bertz CT molecular complexity index is 599. The van der Waals surface area contributed by atoms with Crippen molar-refractivity contribution in [2.24, 2.45) is 5.92 Å². The summed E-state index contributed by atoms with van der Waals surface area (Å²) in [6.45, 7) is 2.46. The molecule has 0 aliphatic carbocycles. The molecule has 0 aromatic heterocycles. The van der Waals surface area contributed by atoms with E-state index in [-0.39, 0.29) is 29.9 Å². The highest BCUT2D eigenvalue weighted by Crippen LogP contribution is 2.20. The largest absolute Gasteiger partial charge is 0.379 e. The molecule has 2 amide bonds. The molecule has 2 heterocycles. The van der Waals surface area contributed by atoms with Crippen LogP contribution in [0.1, 0.15) is 24.8 Å². The Morgan fingerprint density at radius 3 is 2.62 bits per heavy atom. The quantitative estimate of drug-likeness (QED) is 0.862. The molecule has 0 unspecified atom stereocenters. The maximum absolute atomic E-state index is 12.6. The van der Waals surface area contributed by atoms with Gasteiger partial charge in [0.1, 0.15) is 6.10 Å². The Morgan fingerprint density at radius 2 is 1.92 bits per heavy atom. The number of amides is 2. The van der Waals surface area contributed by atoms with Crippen LogP contribution in [-0.4, -0.2) is 62.3 Å². The van der Waals surface area contributed by atoms with Gasteiger partial charge in [0.15, 0.2) is 0 Å².